The van der Waals surface area contributed by atoms with Gasteiger partial charge in [-0.3, -0.25) is 0 Å². The zero-order chi connectivity index (χ0) is 18.2. The van der Waals surface area contributed by atoms with Gasteiger partial charge >= 0.3 is 0 Å². The first-order chi connectivity index (χ1) is 12.4. The highest BCUT2D eigenvalue weighted by atomic mass is 16.7. The molecule has 1 N–H and O–H groups in total. The predicted octanol–water partition coefficient (Wildman–Crippen LogP) is 4.77. The van der Waals surface area contributed by atoms with Gasteiger partial charge in [0.15, 0.2) is 5.79 Å². The van der Waals surface area contributed by atoms with Gasteiger partial charge in [-0.15, -0.1) is 0 Å². The summed E-state index contributed by atoms with van der Waals surface area (Å²) in [5.74, 6) is 3.59. The zero-order valence-corrected chi connectivity index (χ0v) is 17.0. The van der Waals surface area contributed by atoms with Crippen molar-refractivity contribution in [1.29, 1.82) is 0 Å². The van der Waals surface area contributed by atoms with E-state index in [1.54, 1.807) is 0 Å². The molecule has 148 valence electrons. The van der Waals surface area contributed by atoms with E-state index >= 15 is 0 Å². The molecule has 3 heteroatoms. The van der Waals surface area contributed by atoms with E-state index in [4.69, 9.17) is 9.47 Å². The number of aliphatic hydroxyl groups excluding tert-OH is 1. The quantitative estimate of drug-likeness (QED) is 0.730. The van der Waals surface area contributed by atoms with E-state index in [1.165, 1.54) is 44.9 Å². The Labute approximate surface area is 159 Å². The number of ether oxygens (including phenoxy) is 2. The second-order valence-corrected chi connectivity index (χ2v) is 11.0. The van der Waals surface area contributed by atoms with E-state index in [-0.39, 0.29) is 11.9 Å². The average molecular weight is 363 g/mol. The fourth-order valence-corrected chi connectivity index (χ4v) is 8.83. The van der Waals surface area contributed by atoms with Crippen molar-refractivity contribution in [2.24, 2.45) is 40.4 Å². The Hall–Kier alpha value is -0.120. The molecule has 1 saturated heterocycles. The molecule has 0 amide bonds. The van der Waals surface area contributed by atoms with Gasteiger partial charge in [0.25, 0.3) is 0 Å². The average Bonchev–Trinajstić information content (AvgIpc) is 3.19. The van der Waals surface area contributed by atoms with Gasteiger partial charge in [0.05, 0.1) is 19.3 Å². The molecule has 4 aliphatic carbocycles. The van der Waals surface area contributed by atoms with E-state index in [2.05, 4.69) is 20.8 Å². The first-order valence-corrected chi connectivity index (χ1v) is 11.3. The standard InChI is InChI=1S/C23H38O3/c1-21-10-8-16(24)14-15(21)4-5-17-18-6-7-20(23(3)25-12-13-26-23)22(18,2)11-9-19(17)21/h15-20,24H,4-14H2,1-3H3/t15-,16-,17+,18+,19+,20+,21-,22-/m0/s1. The summed E-state index contributed by atoms with van der Waals surface area (Å²) in [6.45, 7) is 8.90. The Kier molecular flexibility index (Phi) is 4.10. The molecule has 4 saturated carbocycles. The minimum absolute atomic E-state index is 0.0362. The lowest BCUT2D eigenvalue weighted by molar-refractivity contribution is -0.218. The predicted molar refractivity (Wildman–Crippen MR) is 102 cm³/mol. The maximum Gasteiger partial charge on any atom is 0.169 e. The maximum atomic E-state index is 10.2. The van der Waals surface area contributed by atoms with E-state index in [0.717, 1.165) is 49.7 Å². The van der Waals surface area contributed by atoms with E-state index in [9.17, 15) is 5.11 Å². The second kappa shape index (κ2) is 5.94. The van der Waals surface area contributed by atoms with Gasteiger partial charge < -0.3 is 14.6 Å². The highest BCUT2D eigenvalue weighted by Crippen LogP contribution is 2.69. The normalized spacial score (nSPS) is 55.8. The molecule has 5 rings (SSSR count). The van der Waals surface area contributed by atoms with Crippen LogP contribution in [0.4, 0.5) is 0 Å². The van der Waals surface area contributed by atoms with Crippen molar-refractivity contribution in [3.63, 3.8) is 0 Å². The van der Waals surface area contributed by atoms with Gasteiger partial charge in [-0.2, -0.15) is 0 Å². The van der Waals surface area contributed by atoms with Crippen LogP contribution in [-0.4, -0.2) is 30.2 Å². The summed E-state index contributed by atoms with van der Waals surface area (Å²) in [7, 11) is 0. The first kappa shape index (κ1) is 17.9. The summed E-state index contributed by atoms with van der Waals surface area (Å²) in [6.07, 6.45) is 11.4. The molecule has 1 aliphatic heterocycles. The van der Waals surface area contributed by atoms with Gasteiger partial charge in [0.1, 0.15) is 0 Å². The van der Waals surface area contributed by atoms with Crippen LogP contribution in [0.3, 0.4) is 0 Å². The van der Waals surface area contributed by atoms with Crippen LogP contribution >= 0.6 is 0 Å². The number of hydrogen-bond acceptors (Lipinski definition) is 3. The molecule has 0 aromatic rings. The SMILES string of the molecule is CC1([C@@H]2CC[C@@H]3[C@H]4CC[C@H]5C[C@@H](O)CC[C@]5(C)[C@@H]4CC[C@@]32C)OCCO1. The van der Waals surface area contributed by atoms with Crippen LogP contribution in [0.1, 0.15) is 78.6 Å². The van der Waals surface area contributed by atoms with E-state index in [1.807, 2.05) is 0 Å². The van der Waals surface area contributed by atoms with Gasteiger partial charge in [0.2, 0.25) is 0 Å². The van der Waals surface area contributed by atoms with Crippen molar-refractivity contribution in [3.05, 3.63) is 0 Å². The Balaban J connectivity index is 1.41. The summed E-state index contributed by atoms with van der Waals surface area (Å²) < 4.78 is 12.3. The Morgan fingerprint density at radius 3 is 2.23 bits per heavy atom. The van der Waals surface area contributed by atoms with Crippen molar-refractivity contribution in [2.75, 3.05) is 13.2 Å². The monoisotopic (exact) mass is 362 g/mol. The lowest BCUT2D eigenvalue weighted by Crippen LogP contribution is -2.55. The van der Waals surface area contributed by atoms with Gasteiger partial charge in [-0.05, 0) is 99.2 Å². The fraction of sp³-hybridized carbons (Fsp3) is 1.00. The first-order valence-electron chi connectivity index (χ1n) is 11.3. The number of fused-ring (bicyclic) bond motifs is 5. The maximum absolute atomic E-state index is 10.2. The van der Waals surface area contributed by atoms with Gasteiger partial charge in [-0.1, -0.05) is 13.8 Å². The van der Waals surface area contributed by atoms with Crippen LogP contribution in [-0.2, 0) is 9.47 Å². The Morgan fingerprint density at radius 2 is 1.46 bits per heavy atom. The molecule has 0 aromatic carbocycles. The Morgan fingerprint density at radius 1 is 0.769 bits per heavy atom. The van der Waals surface area contributed by atoms with Gasteiger partial charge in [0, 0.05) is 5.92 Å². The topological polar surface area (TPSA) is 38.7 Å². The molecular formula is C23H38O3. The molecular weight excluding hydrogens is 324 g/mol. The zero-order valence-electron chi connectivity index (χ0n) is 17.0. The molecule has 5 aliphatic rings. The van der Waals surface area contributed by atoms with Crippen LogP contribution in [0.25, 0.3) is 0 Å². The van der Waals surface area contributed by atoms with Crippen LogP contribution in [0.15, 0.2) is 0 Å². The summed E-state index contributed by atoms with van der Waals surface area (Å²) in [4.78, 5) is 0. The molecule has 0 bridgehead atoms. The highest BCUT2D eigenvalue weighted by molar-refractivity contribution is 5.11. The lowest BCUT2D eigenvalue weighted by atomic mass is 9.44. The molecule has 0 unspecified atom stereocenters. The third kappa shape index (κ3) is 2.35. The molecule has 26 heavy (non-hydrogen) atoms. The van der Waals surface area contributed by atoms with Crippen molar-refractivity contribution in [1.82, 2.24) is 0 Å². The lowest BCUT2D eigenvalue weighted by Gasteiger charge is -2.61. The Bertz CT molecular complexity index is 556. The van der Waals surface area contributed by atoms with Crippen molar-refractivity contribution < 1.29 is 14.6 Å². The second-order valence-electron chi connectivity index (χ2n) is 11.0. The third-order valence-corrected chi connectivity index (χ3v) is 10.1. The minimum Gasteiger partial charge on any atom is -0.393 e. The third-order valence-electron chi connectivity index (χ3n) is 10.1. The largest absolute Gasteiger partial charge is 0.393 e. The molecule has 5 fully saturated rings. The molecule has 0 aromatic heterocycles. The highest BCUT2D eigenvalue weighted by Gasteiger charge is 2.63. The fourth-order valence-electron chi connectivity index (χ4n) is 8.83. The molecule has 8 atom stereocenters. The molecule has 0 spiro atoms. The summed E-state index contributed by atoms with van der Waals surface area (Å²) >= 11 is 0. The van der Waals surface area contributed by atoms with Crippen molar-refractivity contribution in [2.45, 2.75) is 90.4 Å². The number of aliphatic hydroxyl groups is 1. The summed E-state index contributed by atoms with van der Waals surface area (Å²) in [6, 6.07) is 0. The van der Waals surface area contributed by atoms with Crippen LogP contribution in [0.5, 0.6) is 0 Å². The van der Waals surface area contributed by atoms with Crippen molar-refractivity contribution >= 4 is 0 Å². The van der Waals surface area contributed by atoms with Gasteiger partial charge in [-0.25, -0.2) is 0 Å². The van der Waals surface area contributed by atoms with E-state index in [0.29, 0.717) is 16.7 Å². The summed E-state index contributed by atoms with van der Waals surface area (Å²) in [5, 5.41) is 10.2. The number of hydrogen-bond donors (Lipinski definition) is 1. The number of rotatable bonds is 1. The van der Waals surface area contributed by atoms with Crippen molar-refractivity contribution in [3.8, 4) is 0 Å². The van der Waals surface area contributed by atoms with Crippen LogP contribution < -0.4 is 0 Å². The molecule has 3 nitrogen and oxygen atoms in total. The van der Waals surface area contributed by atoms with Crippen LogP contribution in [0, 0.1) is 40.4 Å². The smallest absolute Gasteiger partial charge is 0.169 e. The minimum atomic E-state index is -0.341. The molecule has 0 radical (unpaired) electrons. The summed E-state index contributed by atoms with van der Waals surface area (Å²) in [5.41, 5.74) is 0.865. The molecule has 1 heterocycles. The van der Waals surface area contributed by atoms with E-state index < -0.39 is 0 Å². The van der Waals surface area contributed by atoms with Crippen LogP contribution in [0.2, 0.25) is 0 Å².